The van der Waals surface area contributed by atoms with Gasteiger partial charge in [-0.15, -0.1) is 0 Å². The van der Waals surface area contributed by atoms with Crippen LogP contribution in [0.1, 0.15) is 56.2 Å². The van der Waals surface area contributed by atoms with E-state index >= 15 is 0 Å². The molecule has 29 heavy (non-hydrogen) atoms. The lowest BCUT2D eigenvalue weighted by Gasteiger charge is -2.43. The maximum Gasteiger partial charge on any atom is 0.240 e. The van der Waals surface area contributed by atoms with Crippen LogP contribution in [-0.2, 0) is 11.3 Å². The number of likely N-dealkylation sites (tertiary alicyclic amines) is 1. The van der Waals surface area contributed by atoms with E-state index in [4.69, 9.17) is 4.74 Å². The fraction of sp³-hybridized carbons (Fsp3) is 0.522. The molecule has 1 N–H and O–H groups in total. The lowest BCUT2D eigenvalue weighted by molar-refractivity contribution is -0.135. The predicted octanol–water partition coefficient (Wildman–Crippen LogP) is 3.99. The Bertz CT molecular complexity index is 825. The van der Waals surface area contributed by atoms with Crippen LogP contribution in [0.25, 0.3) is 0 Å². The normalized spacial score (nSPS) is 19.1. The van der Waals surface area contributed by atoms with E-state index in [0.29, 0.717) is 18.2 Å². The van der Waals surface area contributed by atoms with E-state index in [1.807, 2.05) is 31.2 Å². The zero-order chi connectivity index (χ0) is 20.1. The Labute approximate surface area is 172 Å². The highest BCUT2D eigenvalue weighted by molar-refractivity contribution is 5.86. The SMILES string of the molecule is Cc1ccc(Oc2ncccc2CNC(=O)C2(N3CCCC3)CCCCC2)cn1. The summed E-state index contributed by atoms with van der Waals surface area (Å²) in [5.41, 5.74) is 1.47. The lowest BCUT2D eigenvalue weighted by atomic mass is 9.79. The molecule has 2 aromatic rings. The van der Waals surface area contributed by atoms with E-state index in [1.165, 1.54) is 19.3 Å². The smallest absolute Gasteiger partial charge is 0.240 e. The number of carbonyl (C=O) groups excluding carboxylic acids is 1. The van der Waals surface area contributed by atoms with Gasteiger partial charge in [-0.3, -0.25) is 14.7 Å². The van der Waals surface area contributed by atoms with Crippen LogP contribution in [0.15, 0.2) is 36.7 Å². The molecule has 6 nitrogen and oxygen atoms in total. The minimum atomic E-state index is -0.334. The molecule has 0 spiro atoms. The molecule has 0 unspecified atom stereocenters. The van der Waals surface area contributed by atoms with Crippen LogP contribution < -0.4 is 10.1 Å². The van der Waals surface area contributed by atoms with E-state index in [9.17, 15) is 4.79 Å². The van der Waals surface area contributed by atoms with Crippen molar-refractivity contribution in [3.63, 3.8) is 0 Å². The second kappa shape index (κ2) is 8.91. The Morgan fingerprint density at radius 2 is 1.90 bits per heavy atom. The van der Waals surface area contributed by atoms with Gasteiger partial charge in [0.1, 0.15) is 11.3 Å². The molecule has 0 aromatic carbocycles. The fourth-order valence-electron chi connectivity index (χ4n) is 4.59. The van der Waals surface area contributed by atoms with E-state index in [0.717, 1.165) is 50.0 Å². The maximum atomic E-state index is 13.4. The lowest BCUT2D eigenvalue weighted by Crippen LogP contribution is -2.58. The summed E-state index contributed by atoms with van der Waals surface area (Å²) in [5, 5.41) is 3.21. The van der Waals surface area contributed by atoms with Crippen LogP contribution in [0, 0.1) is 6.92 Å². The highest BCUT2D eigenvalue weighted by atomic mass is 16.5. The summed E-state index contributed by atoms with van der Waals surface area (Å²) in [6.45, 7) is 4.42. The van der Waals surface area contributed by atoms with Gasteiger partial charge in [-0.1, -0.05) is 25.3 Å². The third kappa shape index (κ3) is 4.42. The number of ether oxygens (including phenoxy) is 1. The van der Waals surface area contributed by atoms with Gasteiger partial charge in [0.05, 0.1) is 6.20 Å². The zero-order valence-corrected chi connectivity index (χ0v) is 17.2. The van der Waals surface area contributed by atoms with Crippen molar-refractivity contribution in [2.45, 2.75) is 64.0 Å². The van der Waals surface area contributed by atoms with Crippen LogP contribution in [0.3, 0.4) is 0 Å². The summed E-state index contributed by atoms with van der Waals surface area (Å²) in [6.07, 6.45) is 11.2. The number of rotatable bonds is 6. The number of aryl methyl sites for hydroxylation is 1. The summed E-state index contributed by atoms with van der Waals surface area (Å²) in [4.78, 5) is 24.4. The van der Waals surface area contributed by atoms with Crippen molar-refractivity contribution >= 4 is 5.91 Å². The molecule has 1 aliphatic carbocycles. The van der Waals surface area contributed by atoms with Crippen LogP contribution >= 0.6 is 0 Å². The van der Waals surface area contributed by atoms with Gasteiger partial charge in [0.15, 0.2) is 0 Å². The van der Waals surface area contributed by atoms with E-state index in [-0.39, 0.29) is 11.4 Å². The Morgan fingerprint density at radius 1 is 1.10 bits per heavy atom. The van der Waals surface area contributed by atoms with Gasteiger partial charge in [0.2, 0.25) is 11.8 Å². The summed E-state index contributed by atoms with van der Waals surface area (Å²) in [5.74, 6) is 1.31. The van der Waals surface area contributed by atoms with E-state index in [1.54, 1.807) is 12.4 Å². The van der Waals surface area contributed by atoms with Crippen molar-refractivity contribution in [1.82, 2.24) is 20.2 Å². The third-order valence-corrected chi connectivity index (χ3v) is 6.20. The molecule has 1 saturated carbocycles. The molecule has 0 radical (unpaired) electrons. The first-order valence-corrected chi connectivity index (χ1v) is 10.8. The number of carbonyl (C=O) groups is 1. The van der Waals surface area contributed by atoms with Crippen molar-refractivity contribution < 1.29 is 9.53 Å². The standard InChI is InChI=1S/C23H30N4O2/c1-18-9-10-20(17-25-18)29-21-19(8-7-13-24-21)16-26-22(28)23(11-3-2-4-12-23)27-14-5-6-15-27/h7-10,13,17H,2-6,11-12,14-16H2,1H3,(H,26,28). The van der Waals surface area contributed by atoms with Gasteiger partial charge >= 0.3 is 0 Å². The zero-order valence-electron chi connectivity index (χ0n) is 17.2. The third-order valence-electron chi connectivity index (χ3n) is 6.20. The van der Waals surface area contributed by atoms with E-state index < -0.39 is 0 Å². The number of hydrogen-bond acceptors (Lipinski definition) is 5. The maximum absolute atomic E-state index is 13.4. The predicted molar refractivity (Wildman–Crippen MR) is 112 cm³/mol. The first kappa shape index (κ1) is 19.8. The van der Waals surface area contributed by atoms with Crippen LogP contribution in [0.4, 0.5) is 0 Å². The molecule has 2 aromatic heterocycles. The monoisotopic (exact) mass is 394 g/mol. The largest absolute Gasteiger partial charge is 0.437 e. The first-order chi connectivity index (χ1) is 14.2. The molecule has 2 aliphatic rings. The van der Waals surface area contributed by atoms with Crippen molar-refractivity contribution in [3.8, 4) is 11.6 Å². The number of amides is 1. The van der Waals surface area contributed by atoms with Gasteiger partial charge in [0.25, 0.3) is 0 Å². The molecule has 154 valence electrons. The Morgan fingerprint density at radius 3 is 2.62 bits per heavy atom. The van der Waals surface area contributed by atoms with Crippen molar-refractivity contribution in [2.24, 2.45) is 0 Å². The van der Waals surface area contributed by atoms with Crippen molar-refractivity contribution in [2.75, 3.05) is 13.1 Å². The van der Waals surface area contributed by atoms with Gasteiger partial charge in [-0.2, -0.15) is 0 Å². The molecule has 0 bridgehead atoms. The number of pyridine rings is 2. The summed E-state index contributed by atoms with van der Waals surface area (Å²) < 4.78 is 5.93. The molecule has 1 saturated heterocycles. The van der Waals surface area contributed by atoms with Crippen LogP contribution in [-0.4, -0.2) is 39.4 Å². The minimum Gasteiger partial charge on any atom is -0.437 e. The molecular weight excluding hydrogens is 364 g/mol. The molecular formula is C23H30N4O2. The second-order valence-electron chi connectivity index (χ2n) is 8.17. The van der Waals surface area contributed by atoms with Gasteiger partial charge in [0, 0.05) is 24.0 Å². The Hall–Kier alpha value is -2.47. The van der Waals surface area contributed by atoms with Gasteiger partial charge in [-0.25, -0.2) is 4.98 Å². The average Bonchev–Trinajstić information content (AvgIpc) is 3.30. The number of nitrogens with one attached hydrogen (secondary N) is 1. The van der Waals surface area contributed by atoms with Crippen molar-refractivity contribution in [1.29, 1.82) is 0 Å². The highest BCUT2D eigenvalue weighted by Gasteiger charge is 2.45. The molecule has 0 atom stereocenters. The summed E-state index contributed by atoms with van der Waals surface area (Å²) >= 11 is 0. The quantitative estimate of drug-likeness (QED) is 0.802. The highest BCUT2D eigenvalue weighted by Crippen LogP contribution is 2.36. The van der Waals surface area contributed by atoms with E-state index in [2.05, 4.69) is 20.2 Å². The van der Waals surface area contributed by atoms with Crippen LogP contribution in [0.2, 0.25) is 0 Å². The Kier molecular flexibility index (Phi) is 6.09. The topological polar surface area (TPSA) is 67.3 Å². The summed E-state index contributed by atoms with van der Waals surface area (Å²) in [7, 11) is 0. The molecule has 2 fully saturated rings. The summed E-state index contributed by atoms with van der Waals surface area (Å²) in [6, 6.07) is 7.61. The number of nitrogens with zero attached hydrogens (tertiary/aromatic N) is 3. The first-order valence-electron chi connectivity index (χ1n) is 10.8. The van der Waals surface area contributed by atoms with Crippen molar-refractivity contribution in [3.05, 3.63) is 47.9 Å². The molecule has 1 amide bonds. The van der Waals surface area contributed by atoms with Gasteiger partial charge in [-0.05, 0) is 63.9 Å². The van der Waals surface area contributed by atoms with Crippen LogP contribution in [0.5, 0.6) is 11.6 Å². The molecule has 4 rings (SSSR count). The molecule has 1 aliphatic heterocycles. The number of hydrogen-bond donors (Lipinski definition) is 1. The molecule has 3 heterocycles. The van der Waals surface area contributed by atoms with Gasteiger partial charge < -0.3 is 10.1 Å². The number of aromatic nitrogens is 2. The fourth-order valence-corrected chi connectivity index (χ4v) is 4.59. The Balaban J connectivity index is 1.46. The molecule has 6 heteroatoms. The second-order valence-corrected chi connectivity index (χ2v) is 8.17. The average molecular weight is 395 g/mol. The minimum absolute atomic E-state index is 0.158.